The molecule has 0 atom stereocenters. The van der Waals surface area contributed by atoms with Crippen LogP contribution in [-0.2, 0) is 0 Å². The second-order valence-corrected chi connectivity index (χ2v) is 2.21. The fourth-order valence-electron chi connectivity index (χ4n) is 0.888. The Morgan fingerprint density at radius 3 is 2.83 bits per heavy atom. The molecule has 12 heavy (non-hydrogen) atoms. The molecule has 1 aromatic carbocycles. The monoisotopic (exact) mass is 163 g/mol. The van der Waals surface area contributed by atoms with E-state index in [0.717, 1.165) is 0 Å². The molecule has 1 aromatic rings. The van der Waals surface area contributed by atoms with E-state index in [1.807, 2.05) is 0 Å². The van der Waals surface area contributed by atoms with E-state index in [4.69, 9.17) is 0 Å². The van der Waals surface area contributed by atoms with Gasteiger partial charge in [-0.3, -0.25) is 0 Å². The van der Waals surface area contributed by atoms with E-state index in [9.17, 15) is 4.39 Å². The molecule has 59 valence electrons. The maximum atomic E-state index is 12.7. The summed E-state index contributed by atoms with van der Waals surface area (Å²) in [4.78, 5) is 0. The smallest absolute Gasteiger partial charge is 0.207 e. The number of halogens is 1. The van der Waals surface area contributed by atoms with E-state index in [0.29, 0.717) is 11.4 Å². The van der Waals surface area contributed by atoms with Gasteiger partial charge >= 0.3 is 0 Å². The van der Waals surface area contributed by atoms with Crippen molar-refractivity contribution in [1.82, 2.24) is 5.53 Å². The summed E-state index contributed by atoms with van der Waals surface area (Å²) in [6, 6.07) is 5.97. The third-order valence-electron chi connectivity index (χ3n) is 1.40. The first kappa shape index (κ1) is 6.90. The van der Waals surface area contributed by atoms with Gasteiger partial charge in [-0.1, -0.05) is 12.1 Å². The molecule has 0 amide bonds. The van der Waals surface area contributed by atoms with E-state index in [-0.39, 0.29) is 5.82 Å². The van der Waals surface area contributed by atoms with Crippen molar-refractivity contribution >= 4 is 5.84 Å². The van der Waals surface area contributed by atoms with Crippen LogP contribution in [-0.4, -0.2) is 5.84 Å². The molecule has 0 saturated heterocycles. The van der Waals surface area contributed by atoms with E-state index >= 15 is 0 Å². The molecule has 0 bridgehead atoms. The number of hydrogen-bond donors (Lipinski definition) is 0. The maximum absolute atomic E-state index is 12.7. The minimum Gasteiger partial charge on any atom is -0.207 e. The van der Waals surface area contributed by atoms with Crippen LogP contribution in [0.3, 0.4) is 0 Å². The Labute approximate surface area is 67.8 Å². The second kappa shape index (κ2) is 2.69. The fraction of sp³-hybridized carbons (Fsp3) is 0. The van der Waals surface area contributed by atoms with Crippen LogP contribution >= 0.6 is 0 Å². The minimum atomic E-state index is -0.322. The molecular formula is C7H4FN4. The third kappa shape index (κ3) is 1.16. The Kier molecular flexibility index (Phi) is 1.55. The van der Waals surface area contributed by atoms with Gasteiger partial charge in [0.05, 0.1) is 0 Å². The highest BCUT2D eigenvalue weighted by atomic mass is 19.1. The zero-order valence-electron chi connectivity index (χ0n) is 5.98. The SMILES string of the molecule is Fc1cccc(C2=N[N]N=N2)c1. The van der Waals surface area contributed by atoms with Crippen molar-refractivity contribution in [2.75, 3.05) is 0 Å². The fourth-order valence-corrected chi connectivity index (χ4v) is 0.888. The van der Waals surface area contributed by atoms with Gasteiger partial charge in [0, 0.05) is 5.56 Å². The van der Waals surface area contributed by atoms with Crippen molar-refractivity contribution in [3.05, 3.63) is 35.6 Å². The summed E-state index contributed by atoms with van der Waals surface area (Å²) in [6.45, 7) is 0. The maximum Gasteiger partial charge on any atom is 0.207 e. The number of benzene rings is 1. The highest BCUT2D eigenvalue weighted by molar-refractivity contribution is 5.99. The van der Waals surface area contributed by atoms with Gasteiger partial charge in [-0.2, -0.15) is 0 Å². The molecule has 1 radical (unpaired) electrons. The molecule has 0 fully saturated rings. The zero-order chi connectivity index (χ0) is 8.39. The molecule has 0 aromatic heterocycles. The molecule has 1 heterocycles. The van der Waals surface area contributed by atoms with Gasteiger partial charge in [-0.25, -0.2) is 4.39 Å². The highest BCUT2D eigenvalue weighted by Gasteiger charge is 2.07. The predicted molar refractivity (Wildman–Crippen MR) is 39.9 cm³/mol. The highest BCUT2D eigenvalue weighted by Crippen LogP contribution is 2.08. The van der Waals surface area contributed by atoms with E-state index in [2.05, 4.69) is 21.0 Å². The Morgan fingerprint density at radius 2 is 2.17 bits per heavy atom. The topological polar surface area (TPSA) is 51.2 Å². The van der Waals surface area contributed by atoms with Crippen LogP contribution in [0.15, 0.2) is 39.7 Å². The molecule has 5 heteroatoms. The Bertz CT molecular complexity index is 358. The van der Waals surface area contributed by atoms with Crippen LogP contribution in [0.2, 0.25) is 0 Å². The molecule has 1 aliphatic rings. The van der Waals surface area contributed by atoms with Gasteiger partial charge in [-0.05, 0) is 22.9 Å². The van der Waals surface area contributed by atoms with Gasteiger partial charge in [0.1, 0.15) is 5.82 Å². The van der Waals surface area contributed by atoms with Crippen LogP contribution in [0.1, 0.15) is 5.56 Å². The number of nitrogens with zero attached hydrogens (tertiary/aromatic N) is 4. The van der Waals surface area contributed by atoms with Gasteiger partial charge in [-0.15, -0.1) is 10.2 Å². The van der Waals surface area contributed by atoms with Gasteiger partial charge in [0.2, 0.25) is 5.84 Å². The zero-order valence-corrected chi connectivity index (χ0v) is 5.98. The second-order valence-electron chi connectivity index (χ2n) is 2.21. The van der Waals surface area contributed by atoms with Crippen molar-refractivity contribution in [3.8, 4) is 0 Å². The molecule has 1 aliphatic heterocycles. The summed E-state index contributed by atoms with van der Waals surface area (Å²) in [5.41, 5.74) is 3.88. The molecule has 2 rings (SSSR count). The lowest BCUT2D eigenvalue weighted by molar-refractivity contribution is 0.627. The standard InChI is InChI=1S/C7H4FN4/c8-6-3-1-2-5(4-6)7-9-11-12-10-7/h1-4H. The lowest BCUT2D eigenvalue weighted by Gasteiger charge is -1.93. The van der Waals surface area contributed by atoms with E-state index in [1.165, 1.54) is 12.1 Å². The average Bonchev–Trinajstić information content (AvgIpc) is 2.56. The third-order valence-corrected chi connectivity index (χ3v) is 1.40. The van der Waals surface area contributed by atoms with E-state index < -0.39 is 0 Å². The first-order valence-electron chi connectivity index (χ1n) is 3.31. The van der Waals surface area contributed by atoms with Crippen molar-refractivity contribution < 1.29 is 4.39 Å². The molecule has 0 N–H and O–H groups in total. The van der Waals surface area contributed by atoms with Crippen LogP contribution in [0.5, 0.6) is 0 Å². The average molecular weight is 163 g/mol. The van der Waals surface area contributed by atoms with Crippen molar-refractivity contribution in [1.29, 1.82) is 0 Å². The summed E-state index contributed by atoms with van der Waals surface area (Å²) < 4.78 is 12.7. The molecule has 0 aliphatic carbocycles. The summed E-state index contributed by atoms with van der Waals surface area (Å²) in [7, 11) is 0. The van der Waals surface area contributed by atoms with Crippen molar-refractivity contribution in [2.45, 2.75) is 0 Å². The van der Waals surface area contributed by atoms with Crippen molar-refractivity contribution in [3.63, 3.8) is 0 Å². The number of rotatable bonds is 1. The number of amidine groups is 1. The van der Waals surface area contributed by atoms with Gasteiger partial charge in [0.25, 0.3) is 0 Å². The van der Waals surface area contributed by atoms with E-state index in [1.54, 1.807) is 12.1 Å². The first-order valence-corrected chi connectivity index (χ1v) is 3.31. The summed E-state index contributed by atoms with van der Waals surface area (Å²) >= 11 is 0. The molecule has 0 spiro atoms. The molecular weight excluding hydrogens is 159 g/mol. The van der Waals surface area contributed by atoms with Gasteiger partial charge < -0.3 is 0 Å². The van der Waals surface area contributed by atoms with Crippen molar-refractivity contribution in [2.24, 2.45) is 15.4 Å². The first-order chi connectivity index (χ1) is 5.86. The largest absolute Gasteiger partial charge is 0.207 e. The molecule has 0 saturated carbocycles. The lowest BCUT2D eigenvalue weighted by Crippen LogP contribution is -1.94. The lowest BCUT2D eigenvalue weighted by atomic mass is 10.2. The Morgan fingerprint density at radius 1 is 1.25 bits per heavy atom. The Balaban J connectivity index is 2.40. The normalized spacial score (nSPS) is 14.2. The molecule has 4 nitrogen and oxygen atoms in total. The molecule has 0 unspecified atom stereocenters. The minimum absolute atomic E-state index is 0.322. The van der Waals surface area contributed by atoms with Crippen LogP contribution in [0, 0.1) is 5.82 Å². The quantitative estimate of drug-likeness (QED) is 0.602. The predicted octanol–water partition coefficient (Wildman–Crippen LogP) is 1.47. The summed E-state index contributed by atoms with van der Waals surface area (Å²) in [5, 5.41) is 10.5. The van der Waals surface area contributed by atoms with Gasteiger partial charge in [0.15, 0.2) is 0 Å². The van der Waals surface area contributed by atoms with Crippen LogP contribution in [0.4, 0.5) is 4.39 Å². The summed E-state index contributed by atoms with van der Waals surface area (Å²) in [5.74, 6) is 0.0202. The summed E-state index contributed by atoms with van der Waals surface area (Å²) in [6.07, 6.45) is 0. The number of hydrogen-bond acceptors (Lipinski definition) is 3. The van der Waals surface area contributed by atoms with Crippen LogP contribution < -0.4 is 5.53 Å². The Hall–Kier alpha value is -1.78. The van der Waals surface area contributed by atoms with Crippen LogP contribution in [0.25, 0.3) is 0 Å².